The molecule has 1 atom stereocenters. The van der Waals surface area contributed by atoms with Crippen molar-refractivity contribution < 1.29 is 14.6 Å². The van der Waals surface area contributed by atoms with Gasteiger partial charge in [0.15, 0.2) is 0 Å². The Bertz CT molecular complexity index is 663. The third-order valence-electron chi connectivity index (χ3n) is 3.20. The fourth-order valence-corrected chi connectivity index (χ4v) is 1.91. The fraction of sp³-hybridized carbons (Fsp3) is 0.278. The van der Waals surface area contributed by atoms with Crippen molar-refractivity contribution in [2.45, 2.75) is 6.10 Å². The highest BCUT2D eigenvalue weighted by Gasteiger charge is 2.07. The van der Waals surface area contributed by atoms with Crippen LogP contribution in [0, 0.1) is 11.3 Å². The van der Waals surface area contributed by atoms with Crippen molar-refractivity contribution in [2.24, 2.45) is 0 Å². The van der Waals surface area contributed by atoms with Crippen molar-refractivity contribution in [3.05, 3.63) is 54.1 Å². The van der Waals surface area contributed by atoms with Crippen molar-refractivity contribution in [3.8, 4) is 17.6 Å². The zero-order chi connectivity index (χ0) is 16.7. The maximum Gasteiger partial charge on any atom is 0.122 e. The summed E-state index contributed by atoms with van der Waals surface area (Å²) < 4.78 is 11.1. The molecule has 0 aliphatic rings. The highest BCUT2D eigenvalue weighted by Crippen LogP contribution is 2.19. The van der Waals surface area contributed by atoms with Gasteiger partial charge in [0.2, 0.25) is 0 Å². The standard InChI is InChI=1S/C18H20N2O3/c1-20(2)15-4-3-5-18(10-15)23-13-16(21)12-22-17-8-6-14(11-19)7-9-17/h3-10,16,21H,12-13H2,1-2H3. The maximum atomic E-state index is 9.94. The van der Waals surface area contributed by atoms with E-state index in [9.17, 15) is 5.11 Å². The molecule has 2 aromatic carbocycles. The first-order valence-electron chi connectivity index (χ1n) is 7.29. The van der Waals surface area contributed by atoms with Gasteiger partial charge >= 0.3 is 0 Å². The molecule has 0 aromatic heterocycles. The number of ether oxygens (including phenoxy) is 2. The molecule has 0 radical (unpaired) electrons. The molecule has 0 saturated heterocycles. The molecule has 2 aromatic rings. The highest BCUT2D eigenvalue weighted by molar-refractivity contribution is 5.49. The quantitative estimate of drug-likeness (QED) is 0.850. The zero-order valence-corrected chi connectivity index (χ0v) is 13.3. The molecule has 23 heavy (non-hydrogen) atoms. The molecule has 0 spiro atoms. The van der Waals surface area contributed by atoms with Gasteiger partial charge in [0, 0.05) is 25.8 Å². The highest BCUT2D eigenvalue weighted by atomic mass is 16.5. The Labute approximate surface area is 136 Å². The summed E-state index contributed by atoms with van der Waals surface area (Å²) >= 11 is 0. The van der Waals surface area contributed by atoms with E-state index in [1.54, 1.807) is 24.3 Å². The van der Waals surface area contributed by atoms with Crippen LogP contribution in [0.5, 0.6) is 11.5 Å². The molecular formula is C18H20N2O3. The Morgan fingerprint density at radius 2 is 1.70 bits per heavy atom. The first-order valence-corrected chi connectivity index (χ1v) is 7.29. The Hall–Kier alpha value is -2.71. The minimum Gasteiger partial charge on any atom is -0.491 e. The smallest absolute Gasteiger partial charge is 0.122 e. The molecule has 0 bridgehead atoms. The van der Waals surface area contributed by atoms with Gasteiger partial charge in [-0.2, -0.15) is 5.26 Å². The summed E-state index contributed by atoms with van der Waals surface area (Å²) in [7, 11) is 3.92. The van der Waals surface area contributed by atoms with Crippen LogP contribution in [0.4, 0.5) is 5.69 Å². The number of hydrogen-bond acceptors (Lipinski definition) is 5. The van der Waals surface area contributed by atoms with Crippen molar-refractivity contribution in [1.29, 1.82) is 5.26 Å². The summed E-state index contributed by atoms with van der Waals surface area (Å²) in [5.74, 6) is 1.31. The monoisotopic (exact) mass is 312 g/mol. The molecule has 5 nitrogen and oxygen atoms in total. The van der Waals surface area contributed by atoms with Crippen LogP contribution in [0.2, 0.25) is 0 Å². The Morgan fingerprint density at radius 3 is 2.30 bits per heavy atom. The molecule has 0 heterocycles. The zero-order valence-electron chi connectivity index (χ0n) is 13.3. The second-order valence-electron chi connectivity index (χ2n) is 5.30. The second kappa shape index (κ2) is 8.06. The molecule has 0 amide bonds. The average molecular weight is 312 g/mol. The molecule has 1 unspecified atom stereocenters. The summed E-state index contributed by atoms with van der Waals surface area (Å²) in [6.45, 7) is 0.270. The van der Waals surface area contributed by atoms with E-state index in [2.05, 4.69) is 0 Å². The van der Waals surface area contributed by atoms with E-state index >= 15 is 0 Å². The molecule has 2 rings (SSSR count). The van der Waals surface area contributed by atoms with E-state index in [1.165, 1.54) is 0 Å². The predicted octanol–water partition coefficient (Wildman–Crippen LogP) is 2.44. The molecule has 120 valence electrons. The van der Waals surface area contributed by atoms with Gasteiger partial charge in [0.05, 0.1) is 11.6 Å². The number of nitrogens with zero attached hydrogens (tertiary/aromatic N) is 2. The summed E-state index contributed by atoms with van der Waals surface area (Å²) in [5.41, 5.74) is 1.60. The van der Waals surface area contributed by atoms with Crippen LogP contribution in [0.25, 0.3) is 0 Å². The lowest BCUT2D eigenvalue weighted by molar-refractivity contribution is 0.0626. The van der Waals surface area contributed by atoms with Crippen LogP contribution in [-0.2, 0) is 0 Å². The van der Waals surface area contributed by atoms with Gasteiger partial charge < -0.3 is 19.5 Å². The fourth-order valence-electron chi connectivity index (χ4n) is 1.91. The lowest BCUT2D eigenvalue weighted by atomic mass is 10.2. The van der Waals surface area contributed by atoms with Crippen LogP contribution < -0.4 is 14.4 Å². The number of aliphatic hydroxyl groups is 1. The van der Waals surface area contributed by atoms with E-state index in [0.29, 0.717) is 17.1 Å². The largest absolute Gasteiger partial charge is 0.491 e. The van der Waals surface area contributed by atoms with Gasteiger partial charge in [0.1, 0.15) is 30.8 Å². The predicted molar refractivity (Wildman–Crippen MR) is 88.9 cm³/mol. The normalized spacial score (nSPS) is 11.4. The summed E-state index contributed by atoms with van der Waals surface area (Å²) in [5, 5.41) is 18.7. The van der Waals surface area contributed by atoms with Gasteiger partial charge in [-0.05, 0) is 36.4 Å². The van der Waals surface area contributed by atoms with E-state index in [0.717, 1.165) is 5.69 Å². The van der Waals surface area contributed by atoms with E-state index < -0.39 is 6.10 Å². The minimum atomic E-state index is -0.742. The molecule has 0 fully saturated rings. The van der Waals surface area contributed by atoms with Gasteiger partial charge in [-0.1, -0.05) is 6.07 Å². The third-order valence-corrected chi connectivity index (χ3v) is 3.20. The van der Waals surface area contributed by atoms with Gasteiger partial charge in [-0.25, -0.2) is 0 Å². The van der Waals surface area contributed by atoms with Crippen LogP contribution in [0.1, 0.15) is 5.56 Å². The van der Waals surface area contributed by atoms with Gasteiger partial charge in [-0.3, -0.25) is 0 Å². The van der Waals surface area contributed by atoms with Crippen LogP contribution in [0.3, 0.4) is 0 Å². The third kappa shape index (κ3) is 5.20. The minimum absolute atomic E-state index is 0.124. The molecule has 0 saturated carbocycles. The molecular weight excluding hydrogens is 292 g/mol. The Kier molecular flexibility index (Phi) is 5.84. The molecule has 0 aliphatic heterocycles. The van der Waals surface area contributed by atoms with Gasteiger partial charge in [0.25, 0.3) is 0 Å². The Morgan fingerprint density at radius 1 is 1.04 bits per heavy atom. The number of rotatable bonds is 7. The number of aliphatic hydroxyl groups excluding tert-OH is 1. The number of anilines is 1. The van der Waals surface area contributed by atoms with Crippen LogP contribution >= 0.6 is 0 Å². The average Bonchev–Trinajstić information content (AvgIpc) is 2.58. The topological polar surface area (TPSA) is 65.7 Å². The number of benzene rings is 2. The molecule has 1 N–H and O–H groups in total. The summed E-state index contributed by atoms with van der Waals surface area (Å²) in [6, 6.07) is 16.4. The lowest BCUT2D eigenvalue weighted by Crippen LogP contribution is -2.25. The van der Waals surface area contributed by atoms with Crippen LogP contribution in [0.15, 0.2) is 48.5 Å². The number of nitriles is 1. The summed E-state index contributed by atoms with van der Waals surface area (Å²) in [6.07, 6.45) is -0.742. The summed E-state index contributed by atoms with van der Waals surface area (Å²) in [4.78, 5) is 1.98. The van der Waals surface area contributed by atoms with E-state index in [-0.39, 0.29) is 13.2 Å². The van der Waals surface area contributed by atoms with Crippen molar-refractivity contribution in [3.63, 3.8) is 0 Å². The van der Waals surface area contributed by atoms with Crippen LogP contribution in [-0.4, -0.2) is 38.5 Å². The SMILES string of the molecule is CN(C)c1cccc(OCC(O)COc2ccc(C#N)cc2)c1. The number of hydrogen-bond donors (Lipinski definition) is 1. The van der Waals surface area contributed by atoms with E-state index in [4.69, 9.17) is 14.7 Å². The first-order chi connectivity index (χ1) is 11.1. The Balaban J connectivity index is 1.79. The first kappa shape index (κ1) is 16.7. The van der Waals surface area contributed by atoms with Crippen molar-refractivity contribution in [1.82, 2.24) is 0 Å². The molecule has 5 heteroatoms. The van der Waals surface area contributed by atoms with Crippen molar-refractivity contribution >= 4 is 5.69 Å². The molecule has 0 aliphatic carbocycles. The second-order valence-corrected chi connectivity index (χ2v) is 5.30. The van der Waals surface area contributed by atoms with Crippen molar-refractivity contribution in [2.75, 3.05) is 32.2 Å². The van der Waals surface area contributed by atoms with Gasteiger partial charge in [-0.15, -0.1) is 0 Å². The van der Waals surface area contributed by atoms with E-state index in [1.807, 2.05) is 49.3 Å². The lowest BCUT2D eigenvalue weighted by Gasteiger charge is -2.16. The maximum absolute atomic E-state index is 9.94.